The maximum Gasteiger partial charge on any atom is 0.0398 e. The third-order valence-electron chi connectivity index (χ3n) is 3.44. The van der Waals surface area contributed by atoms with Crippen LogP contribution in [0.2, 0.25) is 0 Å². The lowest BCUT2D eigenvalue weighted by Crippen LogP contribution is -1.88. The first-order valence-corrected chi connectivity index (χ1v) is 7.45. The van der Waals surface area contributed by atoms with Gasteiger partial charge in [0.15, 0.2) is 0 Å². The minimum atomic E-state index is 1.12. The Kier molecular flexibility index (Phi) is 2.68. The zero-order valence-corrected chi connectivity index (χ0v) is 11.7. The number of benzene rings is 3. The molecule has 0 aliphatic heterocycles. The van der Waals surface area contributed by atoms with Gasteiger partial charge in [-0.3, -0.25) is 0 Å². The van der Waals surface area contributed by atoms with Crippen LogP contribution in [-0.2, 0) is 0 Å². The Balaban J connectivity index is 1.81. The Morgan fingerprint density at radius 3 is 2.25 bits per heavy atom. The molecular formula is C18H13NS. The summed E-state index contributed by atoms with van der Waals surface area (Å²) < 4.78 is 2.67. The van der Waals surface area contributed by atoms with E-state index in [2.05, 4.69) is 59.9 Å². The monoisotopic (exact) mass is 275 g/mol. The molecule has 4 aromatic rings. The molecule has 0 aliphatic carbocycles. The van der Waals surface area contributed by atoms with Crippen molar-refractivity contribution < 1.29 is 0 Å². The van der Waals surface area contributed by atoms with Crippen LogP contribution < -0.4 is 5.32 Å². The summed E-state index contributed by atoms with van der Waals surface area (Å²) in [6.07, 6.45) is 0. The van der Waals surface area contributed by atoms with Gasteiger partial charge in [0.05, 0.1) is 0 Å². The van der Waals surface area contributed by atoms with E-state index in [9.17, 15) is 0 Å². The summed E-state index contributed by atoms with van der Waals surface area (Å²) in [7, 11) is 0. The number of thiophene rings is 1. The quantitative estimate of drug-likeness (QED) is 0.487. The number of hydrogen-bond donors (Lipinski definition) is 1. The van der Waals surface area contributed by atoms with E-state index < -0.39 is 0 Å². The van der Waals surface area contributed by atoms with Gasteiger partial charge < -0.3 is 5.32 Å². The van der Waals surface area contributed by atoms with Crippen molar-refractivity contribution in [2.45, 2.75) is 0 Å². The van der Waals surface area contributed by atoms with E-state index in [0.29, 0.717) is 0 Å². The molecule has 1 nitrogen and oxygen atoms in total. The van der Waals surface area contributed by atoms with Gasteiger partial charge in [0.1, 0.15) is 0 Å². The molecule has 0 atom stereocenters. The van der Waals surface area contributed by atoms with Gasteiger partial charge >= 0.3 is 0 Å². The lowest BCUT2D eigenvalue weighted by Gasteiger charge is -2.05. The van der Waals surface area contributed by atoms with Crippen molar-refractivity contribution in [3.8, 4) is 0 Å². The second-order valence-electron chi connectivity index (χ2n) is 4.80. The highest BCUT2D eigenvalue weighted by atomic mass is 32.1. The Hall–Kier alpha value is -2.32. The maximum absolute atomic E-state index is 3.45. The topological polar surface area (TPSA) is 12.0 Å². The highest BCUT2D eigenvalue weighted by Crippen LogP contribution is 2.35. The zero-order valence-electron chi connectivity index (χ0n) is 10.8. The van der Waals surface area contributed by atoms with Gasteiger partial charge in [-0.25, -0.2) is 0 Å². The number of nitrogens with one attached hydrogen (secondary N) is 1. The number of hydrogen-bond acceptors (Lipinski definition) is 2. The van der Waals surface area contributed by atoms with Crippen molar-refractivity contribution in [2.75, 3.05) is 5.32 Å². The Bertz CT molecular complexity index is 878. The van der Waals surface area contributed by atoms with Crippen LogP contribution in [0.25, 0.3) is 20.2 Å². The van der Waals surface area contributed by atoms with E-state index >= 15 is 0 Å². The van der Waals surface area contributed by atoms with Crippen molar-refractivity contribution in [3.05, 3.63) is 72.8 Å². The minimum absolute atomic E-state index is 1.12. The largest absolute Gasteiger partial charge is 0.355 e. The molecule has 20 heavy (non-hydrogen) atoms. The number of rotatable bonds is 2. The van der Waals surface area contributed by atoms with Gasteiger partial charge in [-0.2, -0.15) is 0 Å². The van der Waals surface area contributed by atoms with Crippen LogP contribution >= 0.6 is 11.3 Å². The molecule has 3 aromatic carbocycles. The molecule has 0 bridgehead atoms. The molecule has 96 valence electrons. The fraction of sp³-hybridized carbons (Fsp3) is 0. The number of anilines is 2. The Labute approximate surface area is 121 Å². The van der Waals surface area contributed by atoms with E-state index in [1.165, 1.54) is 20.2 Å². The fourth-order valence-corrected chi connectivity index (χ4v) is 3.64. The molecule has 0 saturated heterocycles. The van der Waals surface area contributed by atoms with Gasteiger partial charge in [0, 0.05) is 31.5 Å². The normalized spacial score (nSPS) is 11.0. The first kappa shape index (κ1) is 11.5. The molecule has 1 N–H and O–H groups in total. The van der Waals surface area contributed by atoms with Crippen LogP contribution in [0, 0.1) is 0 Å². The van der Waals surface area contributed by atoms with E-state index in [1.807, 2.05) is 29.5 Å². The number of fused-ring (bicyclic) bond motifs is 3. The predicted octanol–water partition coefficient (Wildman–Crippen LogP) is 5.80. The first-order valence-electron chi connectivity index (χ1n) is 6.63. The van der Waals surface area contributed by atoms with Crippen LogP contribution in [-0.4, -0.2) is 0 Å². The molecule has 0 unspecified atom stereocenters. The molecular weight excluding hydrogens is 262 g/mol. The Morgan fingerprint density at radius 2 is 1.35 bits per heavy atom. The minimum Gasteiger partial charge on any atom is -0.355 e. The summed E-state index contributed by atoms with van der Waals surface area (Å²) in [6.45, 7) is 0. The molecule has 0 amide bonds. The van der Waals surface area contributed by atoms with E-state index in [4.69, 9.17) is 0 Å². The second kappa shape index (κ2) is 4.66. The Morgan fingerprint density at radius 1 is 0.600 bits per heavy atom. The molecule has 4 rings (SSSR count). The zero-order chi connectivity index (χ0) is 13.4. The lowest BCUT2D eigenvalue weighted by molar-refractivity contribution is 1.57. The number of para-hydroxylation sites is 1. The molecule has 0 spiro atoms. The van der Waals surface area contributed by atoms with Crippen molar-refractivity contribution in [2.24, 2.45) is 0 Å². The molecule has 0 radical (unpaired) electrons. The summed E-state index contributed by atoms with van der Waals surface area (Å²) in [4.78, 5) is 0. The standard InChI is InChI=1S/C18H13NS/c1-2-6-13(7-3-1)19-14-10-11-16-15-8-4-5-9-17(15)20-18(16)12-14/h1-12,19H. The van der Waals surface area contributed by atoms with Crippen molar-refractivity contribution in [1.82, 2.24) is 0 Å². The third kappa shape index (κ3) is 1.95. The average Bonchev–Trinajstić information content (AvgIpc) is 2.86. The van der Waals surface area contributed by atoms with Crippen LogP contribution in [0.5, 0.6) is 0 Å². The van der Waals surface area contributed by atoms with Gasteiger partial charge in [0.2, 0.25) is 0 Å². The molecule has 0 aliphatic rings. The summed E-state index contributed by atoms with van der Waals surface area (Å²) in [6, 6.07) is 25.4. The molecule has 1 aromatic heterocycles. The molecule has 2 heteroatoms. The first-order chi connectivity index (χ1) is 9.90. The highest BCUT2D eigenvalue weighted by molar-refractivity contribution is 7.25. The lowest BCUT2D eigenvalue weighted by atomic mass is 10.1. The summed E-state index contributed by atoms with van der Waals surface area (Å²) in [5.41, 5.74) is 2.25. The van der Waals surface area contributed by atoms with Crippen molar-refractivity contribution in [3.63, 3.8) is 0 Å². The summed E-state index contributed by atoms with van der Waals surface area (Å²) in [5, 5.41) is 6.13. The van der Waals surface area contributed by atoms with Crippen LogP contribution in [0.4, 0.5) is 11.4 Å². The molecule has 1 heterocycles. The predicted molar refractivity (Wildman–Crippen MR) is 89.1 cm³/mol. The molecule has 0 fully saturated rings. The van der Waals surface area contributed by atoms with Gasteiger partial charge in [-0.15, -0.1) is 11.3 Å². The van der Waals surface area contributed by atoms with Crippen LogP contribution in [0.15, 0.2) is 72.8 Å². The maximum atomic E-state index is 3.45. The summed E-state index contributed by atoms with van der Waals surface area (Å²) in [5.74, 6) is 0. The van der Waals surface area contributed by atoms with E-state index in [1.54, 1.807) is 0 Å². The second-order valence-corrected chi connectivity index (χ2v) is 5.88. The van der Waals surface area contributed by atoms with Crippen LogP contribution in [0.3, 0.4) is 0 Å². The van der Waals surface area contributed by atoms with Crippen molar-refractivity contribution >= 4 is 42.9 Å². The SMILES string of the molecule is c1ccc(Nc2ccc3c(c2)sc2ccccc23)cc1. The van der Waals surface area contributed by atoms with Crippen molar-refractivity contribution in [1.29, 1.82) is 0 Å². The van der Waals surface area contributed by atoms with Crippen LogP contribution in [0.1, 0.15) is 0 Å². The average molecular weight is 275 g/mol. The van der Waals surface area contributed by atoms with Gasteiger partial charge in [-0.05, 0) is 30.3 Å². The third-order valence-corrected chi connectivity index (χ3v) is 4.57. The smallest absolute Gasteiger partial charge is 0.0398 e. The molecule has 0 saturated carbocycles. The van der Waals surface area contributed by atoms with E-state index in [-0.39, 0.29) is 0 Å². The highest BCUT2D eigenvalue weighted by Gasteiger charge is 2.05. The summed E-state index contributed by atoms with van der Waals surface area (Å²) >= 11 is 1.85. The fourth-order valence-electron chi connectivity index (χ4n) is 2.49. The van der Waals surface area contributed by atoms with Gasteiger partial charge in [0.25, 0.3) is 0 Å². The van der Waals surface area contributed by atoms with Gasteiger partial charge in [-0.1, -0.05) is 42.5 Å². The van der Waals surface area contributed by atoms with E-state index in [0.717, 1.165) is 11.4 Å².